The quantitative estimate of drug-likeness (QED) is 0.618. The molecule has 0 aliphatic heterocycles. The molecular weight excluding hydrogens is 180 g/mol. The molecule has 1 aliphatic rings. The van der Waals surface area contributed by atoms with Crippen molar-refractivity contribution in [2.45, 2.75) is 13.3 Å². The maximum atomic E-state index is 11.2. The summed E-state index contributed by atoms with van der Waals surface area (Å²) < 4.78 is 0. The molecule has 0 saturated heterocycles. The monoisotopic (exact) mass is 200 g/mol. The Morgan fingerprint density at radius 3 is 2.79 bits per heavy atom. The summed E-state index contributed by atoms with van der Waals surface area (Å²) in [4.78, 5) is 13.3. The molecule has 1 fully saturated rings. The second-order valence-corrected chi connectivity index (χ2v) is 4.24. The fourth-order valence-corrected chi connectivity index (χ4v) is 1.61. The van der Waals surface area contributed by atoms with Gasteiger partial charge in [-0.2, -0.15) is 0 Å². The Morgan fingerprint density at radius 1 is 1.64 bits per heavy atom. The Morgan fingerprint density at radius 2 is 2.29 bits per heavy atom. The van der Waals surface area contributed by atoms with Crippen LogP contribution in [-0.4, -0.2) is 49.2 Å². The topological polar surface area (TPSA) is 52.6 Å². The first-order valence-electron chi connectivity index (χ1n) is 5.19. The van der Waals surface area contributed by atoms with Crippen LogP contribution in [0.1, 0.15) is 13.3 Å². The van der Waals surface area contributed by atoms with Crippen molar-refractivity contribution in [3.8, 4) is 0 Å². The van der Waals surface area contributed by atoms with Crippen LogP contribution in [0.5, 0.6) is 0 Å². The molecule has 0 aromatic carbocycles. The van der Waals surface area contributed by atoms with Gasteiger partial charge in [0.15, 0.2) is 0 Å². The first-order chi connectivity index (χ1) is 6.63. The number of hydrogen-bond donors (Lipinski definition) is 2. The number of aliphatic hydroxyl groups is 1. The number of likely N-dealkylation sites (N-methyl/N-ethyl adjacent to an activating group) is 1. The number of hydrogen-bond acceptors (Lipinski definition) is 3. The summed E-state index contributed by atoms with van der Waals surface area (Å²) in [6, 6.07) is 0. The minimum absolute atomic E-state index is 0.00477. The zero-order chi connectivity index (χ0) is 10.6. The van der Waals surface area contributed by atoms with Gasteiger partial charge in [-0.3, -0.25) is 9.69 Å². The van der Waals surface area contributed by atoms with Crippen molar-refractivity contribution >= 4 is 5.91 Å². The van der Waals surface area contributed by atoms with Gasteiger partial charge in [-0.25, -0.2) is 0 Å². The molecule has 4 nitrogen and oxygen atoms in total. The average molecular weight is 200 g/mol. The van der Waals surface area contributed by atoms with E-state index in [1.54, 1.807) is 0 Å². The van der Waals surface area contributed by atoms with Gasteiger partial charge in [0, 0.05) is 13.1 Å². The molecule has 1 saturated carbocycles. The third-order valence-electron chi connectivity index (χ3n) is 2.67. The van der Waals surface area contributed by atoms with E-state index in [0.717, 1.165) is 18.4 Å². The van der Waals surface area contributed by atoms with Gasteiger partial charge in [-0.05, 0) is 25.3 Å². The smallest absolute Gasteiger partial charge is 0.234 e. The lowest BCUT2D eigenvalue weighted by Crippen LogP contribution is -2.37. The SMILES string of the molecule is CC1CC1CN(C)CC(=O)NCCO. The summed E-state index contributed by atoms with van der Waals surface area (Å²) in [7, 11) is 1.96. The lowest BCUT2D eigenvalue weighted by molar-refractivity contribution is -0.122. The summed E-state index contributed by atoms with van der Waals surface area (Å²) in [5, 5.41) is 11.1. The Balaban J connectivity index is 2.06. The van der Waals surface area contributed by atoms with Crippen molar-refractivity contribution in [2.75, 3.05) is 33.3 Å². The highest BCUT2D eigenvalue weighted by molar-refractivity contribution is 5.77. The zero-order valence-electron chi connectivity index (χ0n) is 8.99. The number of aliphatic hydroxyl groups excluding tert-OH is 1. The molecule has 0 aromatic rings. The van der Waals surface area contributed by atoms with Gasteiger partial charge in [-0.1, -0.05) is 6.92 Å². The molecule has 1 amide bonds. The van der Waals surface area contributed by atoms with Crippen LogP contribution in [-0.2, 0) is 4.79 Å². The molecule has 2 unspecified atom stereocenters. The maximum absolute atomic E-state index is 11.2. The van der Waals surface area contributed by atoms with Crippen molar-refractivity contribution in [1.29, 1.82) is 0 Å². The van der Waals surface area contributed by atoms with E-state index in [1.807, 2.05) is 11.9 Å². The summed E-state index contributed by atoms with van der Waals surface area (Å²) in [6.07, 6.45) is 1.29. The number of nitrogens with zero attached hydrogens (tertiary/aromatic N) is 1. The minimum Gasteiger partial charge on any atom is -0.395 e. The molecule has 0 aromatic heterocycles. The standard InChI is InChI=1S/C10H20N2O2/c1-8-5-9(8)6-12(2)7-10(14)11-3-4-13/h8-9,13H,3-7H2,1-2H3,(H,11,14). The van der Waals surface area contributed by atoms with Crippen LogP contribution >= 0.6 is 0 Å². The highest BCUT2D eigenvalue weighted by Gasteiger charge is 2.33. The molecule has 2 N–H and O–H groups in total. The number of carbonyl (C=O) groups excluding carboxylic acids is 1. The summed E-state index contributed by atoms with van der Waals surface area (Å²) in [5.74, 6) is 1.61. The van der Waals surface area contributed by atoms with Crippen LogP contribution in [0.25, 0.3) is 0 Å². The molecule has 1 rings (SSSR count). The summed E-state index contributed by atoms with van der Waals surface area (Å²) in [5.41, 5.74) is 0. The van der Waals surface area contributed by atoms with E-state index in [-0.39, 0.29) is 12.5 Å². The molecule has 0 bridgehead atoms. The molecule has 0 heterocycles. The van der Waals surface area contributed by atoms with Crippen molar-refractivity contribution in [3.63, 3.8) is 0 Å². The highest BCUT2D eigenvalue weighted by Crippen LogP contribution is 2.37. The second kappa shape index (κ2) is 5.32. The summed E-state index contributed by atoms with van der Waals surface area (Å²) >= 11 is 0. The first kappa shape index (κ1) is 11.5. The minimum atomic E-state index is -0.00477. The average Bonchev–Trinajstić information content (AvgIpc) is 2.77. The van der Waals surface area contributed by atoms with Crippen LogP contribution in [0.15, 0.2) is 0 Å². The summed E-state index contributed by atoms with van der Waals surface area (Å²) in [6.45, 7) is 4.04. The molecule has 82 valence electrons. The zero-order valence-corrected chi connectivity index (χ0v) is 8.99. The normalized spacial score (nSPS) is 25.1. The van der Waals surface area contributed by atoms with Gasteiger partial charge in [0.05, 0.1) is 13.2 Å². The van der Waals surface area contributed by atoms with Crippen LogP contribution in [0.2, 0.25) is 0 Å². The van der Waals surface area contributed by atoms with E-state index in [9.17, 15) is 4.79 Å². The molecule has 0 radical (unpaired) electrons. The first-order valence-corrected chi connectivity index (χ1v) is 5.19. The lowest BCUT2D eigenvalue weighted by Gasteiger charge is -2.15. The lowest BCUT2D eigenvalue weighted by atomic mass is 10.3. The fourth-order valence-electron chi connectivity index (χ4n) is 1.61. The number of nitrogens with one attached hydrogen (secondary N) is 1. The van der Waals surface area contributed by atoms with Gasteiger partial charge in [0.25, 0.3) is 0 Å². The van der Waals surface area contributed by atoms with Crippen LogP contribution in [0.4, 0.5) is 0 Å². The van der Waals surface area contributed by atoms with Gasteiger partial charge in [-0.15, -0.1) is 0 Å². The van der Waals surface area contributed by atoms with Crippen molar-refractivity contribution in [3.05, 3.63) is 0 Å². The molecule has 2 atom stereocenters. The predicted molar refractivity (Wildman–Crippen MR) is 54.9 cm³/mol. The highest BCUT2D eigenvalue weighted by atomic mass is 16.3. The number of carbonyl (C=O) groups is 1. The van der Waals surface area contributed by atoms with Crippen molar-refractivity contribution < 1.29 is 9.90 Å². The van der Waals surface area contributed by atoms with E-state index in [1.165, 1.54) is 6.42 Å². The molecular formula is C10H20N2O2. The van der Waals surface area contributed by atoms with E-state index in [2.05, 4.69) is 12.2 Å². The van der Waals surface area contributed by atoms with Gasteiger partial charge in [0.1, 0.15) is 0 Å². The van der Waals surface area contributed by atoms with Gasteiger partial charge >= 0.3 is 0 Å². The molecule has 1 aliphatic carbocycles. The van der Waals surface area contributed by atoms with Crippen molar-refractivity contribution in [2.24, 2.45) is 11.8 Å². The van der Waals surface area contributed by atoms with E-state index in [4.69, 9.17) is 5.11 Å². The Bertz CT molecular complexity index is 197. The van der Waals surface area contributed by atoms with E-state index >= 15 is 0 Å². The number of rotatable bonds is 6. The molecule has 4 heteroatoms. The van der Waals surface area contributed by atoms with Gasteiger partial charge in [0.2, 0.25) is 5.91 Å². The largest absolute Gasteiger partial charge is 0.395 e. The van der Waals surface area contributed by atoms with Crippen LogP contribution in [0, 0.1) is 11.8 Å². The van der Waals surface area contributed by atoms with Gasteiger partial charge < -0.3 is 10.4 Å². The fraction of sp³-hybridized carbons (Fsp3) is 0.900. The Hall–Kier alpha value is -0.610. The van der Waals surface area contributed by atoms with Crippen LogP contribution < -0.4 is 5.32 Å². The Labute approximate surface area is 85.3 Å². The van der Waals surface area contributed by atoms with Crippen molar-refractivity contribution in [1.82, 2.24) is 10.2 Å². The Kier molecular flexibility index (Phi) is 4.35. The van der Waals surface area contributed by atoms with Crippen LogP contribution in [0.3, 0.4) is 0 Å². The maximum Gasteiger partial charge on any atom is 0.234 e. The molecule has 0 spiro atoms. The third kappa shape index (κ3) is 4.07. The van der Waals surface area contributed by atoms with E-state index in [0.29, 0.717) is 13.1 Å². The predicted octanol–water partition coefficient (Wildman–Crippen LogP) is -0.317. The molecule has 14 heavy (non-hydrogen) atoms. The number of amides is 1. The third-order valence-corrected chi connectivity index (χ3v) is 2.67. The van der Waals surface area contributed by atoms with E-state index < -0.39 is 0 Å². The second-order valence-electron chi connectivity index (χ2n) is 4.24.